The van der Waals surface area contributed by atoms with Crippen molar-refractivity contribution in [3.63, 3.8) is 0 Å². The number of halogens is 1. The van der Waals surface area contributed by atoms with Gasteiger partial charge in [-0.1, -0.05) is 35.0 Å². The standard InChI is InChI=1S/C16H22BrN3O/c1-5-9-20-16(14(21-4)10-19-20)15(18-3)12-7-6-8-13(17)11(12)2/h6-8,10,15,18H,5,9H2,1-4H3. The van der Waals surface area contributed by atoms with Crippen LogP contribution in [0.15, 0.2) is 28.9 Å². The molecule has 1 atom stereocenters. The molecule has 1 N–H and O–H groups in total. The molecule has 0 radical (unpaired) electrons. The number of nitrogens with one attached hydrogen (secondary N) is 1. The molecule has 0 amide bonds. The number of hydrogen-bond donors (Lipinski definition) is 1. The number of methoxy groups -OCH3 is 1. The van der Waals surface area contributed by atoms with Gasteiger partial charge in [0.25, 0.3) is 0 Å². The molecule has 1 heterocycles. The summed E-state index contributed by atoms with van der Waals surface area (Å²) in [7, 11) is 3.66. The van der Waals surface area contributed by atoms with Crippen LogP contribution in [0.25, 0.3) is 0 Å². The lowest BCUT2D eigenvalue weighted by Gasteiger charge is -2.22. The first-order valence-electron chi connectivity index (χ1n) is 7.16. The molecule has 2 rings (SSSR count). The van der Waals surface area contributed by atoms with E-state index in [1.807, 2.05) is 11.7 Å². The van der Waals surface area contributed by atoms with E-state index in [9.17, 15) is 0 Å². The highest BCUT2D eigenvalue weighted by Crippen LogP contribution is 2.33. The Kier molecular flexibility index (Phi) is 5.42. The Balaban J connectivity index is 2.55. The lowest BCUT2D eigenvalue weighted by molar-refractivity contribution is 0.400. The second-order valence-electron chi connectivity index (χ2n) is 5.00. The first-order valence-corrected chi connectivity index (χ1v) is 7.95. The fourth-order valence-corrected chi connectivity index (χ4v) is 2.97. The summed E-state index contributed by atoms with van der Waals surface area (Å²) in [6.45, 7) is 5.15. The van der Waals surface area contributed by atoms with Gasteiger partial charge in [0.05, 0.1) is 19.3 Å². The maximum absolute atomic E-state index is 5.51. The predicted molar refractivity (Wildman–Crippen MR) is 88.9 cm³/mol. The Morgan fingerprint density at radius 3 is 2.81 bits per heavy atom. The van der Waals surface area contributed by atoms with Crippen LogP contribution in [0, 0.1) is 6.92 Å². The zero-order valence-electron chi connectivity index (χ0n) is 13.0. The molecule has 2 aromatic rings. The summed E-state index contributed by atoms with van der Waals surface area (Å²) in [5.41, 5.74) is 3.52. The maximum atomic E-state index is 5.51. The van der Waals surface area contributed by atoms with E-state index in [-0.39, 0.29) is 6.04 Å². The van der Waals surface area contributed by atoms with Crippen molar-refractivity contribution in [3.05, 3.63) is 45.7 Å². The monoisotopic (exact) mass is 351 g/mol. The fraction of sp³-hybridized carbons (Fsp3) is 0.438. The molecule has 0 aliphatic rings. The zero-order chi connectivity index (χ0) is 15.4. The number of nitrogens with zero attached hydrogens (tertiary/aromatic N) is 2. The highest BCUT2D eigenvalue weighted by molar-refractivity contribution is 9.10. The molecular formula is C16H22BrN3O. The van der Waals surface area contributed by atoms with Gasteiger partial charge in [0.1, 0.15) is 5.69 Å². The third kappa shape index (κ3) is 3.14. The quantitative estimate of drug-likeness (QED) is 0.862. The van der Waals surface area contributed by atoms with Crippen LogP contribution in [0.1, 0.15) is 36.2 Å². The zero-order valence-corrected chi connectivity index (χ0v) is 14.6. The minimum absolute atomic E-state index is 0.0477. The minimum atomic E-state index is 0.0477. The summed E-state index contributed by atoms with van der Waals surface area (Å²) in [6, 6.07) is 6.31. The van der Waals surface area contributed by atoms with Gasteiger partial charge in [-0.2, -0.15) is 5.10 Å². The molecular weight excluding hydrogens is 330 g/mol. The van der Waals surface area contributed by atoms with Crippen molar-refractivity contribution < 1.29 is 4.74 Å². The molecule has 0 saturated heterocycles. The van der Waals surface area contributed by atoms with Crippen LogP contribution in [-0.4, -0.2) is 23.9 Å². The van der Waals surface area contributed by atoms with Crippen LogP contribution in [-0.2, 0) is 6.54 Å². The molecule has 1 aromatic carbocycles. The Labute approximate surface area is 134 Å². The van der Waals surface area contributed by atoms with E-state index in [0.717, 1.165) is 28.9 Å². The van der Waals surface area contributed by atoms with Gasteiger partial charge in [0.2, 0.25) is 0 Å². The summed E-state index contributed by atoms with van der Waals surface area (Å²) < 4.78 is 8.65. The highest BCUT2D eigenvalue weighted by Gasteiger charge is 2.23. The van der Waals surface area contributed by atoms with E-state index < -0.39 is 0 Å². The van der Waals surface area contributed by atoms with Crippen molar-refractivity contribution in [3.8, 4) is 5.75 Å². The van der Waals surface area contributed by atoms with Crippen molar-refractivity contribution in [2.75, 3.05) is 14.2 Å². The largest absolute Gasteiger partial charge is 0.493 e. The van der Waals surface area contributed by atoms with E-state index in [1.54, 1.807) is 13.3 Å². The summed E-state index contributed by atoms with van der Waals surface area (Å²) in [6.07, 6.45) is 2.83. The van der Waals surface area contributed by atoms with Gasteiger partial charge in [-0.25, -0.2) is 0 Å². The average molecular weight is 352 g/mol. The molecule has 1 aromatic heterocycles. The van der Waals surface area contributed by atoms with Crippen molar-refractivity contribution in [1.82, 2.24) is 15.1 Å². The van der Waals surface area contributed by atoms with Crippen LogP contribution < -0.4 is 10.1 Å². The van der Waals surface area contributed by atoms with E-state index in [2.05, 4.69) is 58.4 Å². The second kappa shape index (κ2) is 7.09. The molecule has 5 heteroatoms. The Morgan fingerprint density at radius 2 is 2.19 bits per heavy atom. The Bertz CT molecular complexity index is 610. The first-order chi connectivity index (χ1) is 10.1. The first kappa shape index (κ1) is 16.0. The lowest BCUT2D eigenvalue weighted by atomic mass is 9.98. The number of aromatic nitrogens is 2. The van der Waals surface area contributed by atoms with Gasteiger partial charge in [-0.15, -0.1) is 0 Å². The predicted octanol–water partition coefficient (Wildman–Crippen LogP) is 3.68. The summed E-state index contributed by atoms with van der Waals surface area (Å²) in [4.78, 5) is 0. The SMILES string of the molecule is CCCn1ncc(OC)c1C(NC)c1cccc(Br)c1C. The van der Waals surface area contributed by atoms with Crippen LogP contribution in [0.3, 0.4) is 0 Å². The van der Waals surface area contributed by atoms with Crippen LogP contribution >= 0.6 is 15.9 Å². The van der Waals surface area contributed by atoms with Gasteiger partial charge in [-0.3, -0.25) is 4.68 Å². The lowest BCUT2D eigenvalue weighted by Crippen LogP contribution is -2.23. The van der Waals surface area contributed by atoms with Crippen molar-refractivity contribution in [2.24, 2.45) is 0 Å². The number of rotatable bonds is 6. The van der Waals surface area contributed by atoms with E-state index in [4.69, 9.17) is 4.74 Å². The van der Waals surface area contributed by atoms with Gasteiger partial charge >= 0.3 is 0 Å². The molecule has 0 aliphatic carbocycles. The van der Waals surface area contributed by atoms with Crippen LogP contribution in [0.5, 0.6) is 5.75 Å². The third-order valence-corrected chi connectivity index (χ3v) is 4.54. The molecule has 0 fully saturated rings. The minimum Gasteiger partial charge on any atom is -0.493 e. The van der Waals surface area contributed by atoms with Crippen LogP contribution in [0.4, 0.5) is 0 Å². The van der Waals surface area contributed by atoms with E-state index in [1.165, 1.54) is 11.1 Å². The second-order valence-corrected chi connectivity index (χ2v) is 5.85. The van der Waals surface area contributed by atoms with Crippen molar-refractivity contribution >= 4 is 15.9 Å². The number of ether oxygens (including phenoxy) is 1. The Morgan fingerprint density at radius 1 is 1.43 bits per heavy atom. The summed E-state index contributed by atoms with van der Waals surface area (Å²) in [5.74, 6) is 0.821. The van der Waals surface area contributed by atoms with Crippen LogP contribution in [0.2, 0.25) is 0 Å². The number of aryl methyl sites for hydroxylation is 1. The van der Waals surface area contributed by atoms with Gasteiger partial charge in [0, 0.05) is 11.0 Å². The normalized spacial score (nSPS) is 12.4. The van der Waals surface area contributed by atoms with Gasteiger partial charge in [0.15, 0.2) is 5.75 Å². The molecule has 0 aliphatic heterocycles. The topological polar surface area (TPSA) is 39.1 Å². The van der Waals surface area contributed by atoms with Crippen molar-refractivity contribution in [1.29, 1.82) is 0 Å². The van der Waals surface area contributed by atoms with E-state index in [0.29, 0.717) is 0 Å². The van der Waals surface area contributed by atoms with Gasteiger partial charge in [-0.05, 0) is 37.6 Å². The molecule has 1 unspecified atom stereocenters. The smallest absolute Gasteiger partial charge is 0.161 e. The number of hydrogen-bond acceptors (Lipinski definition) is 3. The van der Waals surface area contributed by atoms with Crippen molar-refractivity contribution in [2.45, 2.75) is 32.9 Å². The number of benzene rings is 1. The third-order valence-electron chi connectivity index (χ3n) is 3.68. The Hall–Kier alpha value is -1.33. The fourth-order valence-electron chi connectivity index (χ4n) is 2.59. The molecule has 4 nitrogen and oxygen atoms in total. The highest BCUT2D eigenvalue weighted by atomic mass is 79.9. The summed E-state index contributed by atoms with van der Waals surface area (Å²) in [5, 5.41) is 7.86. The molecule has 0 bridgehead atoms. The van der Waals surface area contributed by atoms with E-state index >= 15 is 0 Å². The maximum Gasteiger partial charge on any atom is 0.161 e. The average Bonchev–Trinajstić information content (AvgIpc) is 2.88. The summed E-state index contributed by atoms with van der Waals surface area (Å²) >= 11 is 3.61. The molecule has 21 heavy (non-hydrogen) atoms. The van der Waals surface area contributed by atoms with Gasteiger partial charge < -0.3 is 10.1 Å². The molecule has 0 saturated carbocycles. The molecule has 114 valence electrons. The molecule has 0 spiro atoms.